The second-order valence-electron chi connectivity index (χ2n) is 5.17. The Morgan fingerprint density at radius 1 is 0.905 bits per heavy atom. The summed E-state index contributed by atoms with van der Waals surface area (Å²) >= 11 is 0. The Balaban J connectivity index is 2.04. The van der Waals surface area contributed by atoms with Crippen molar-refractivity contribution < 1.29 is 9.59 Å². The molecule has 0 saturated heterocycles. The van der Waals surface area contributed by atoms with Gasteiger partial charge in [0.05, 0.1) is 6.42 Å². The molecule has 0 aliphatic heterocycles. The molecule has 0 aromatic heterocycles. The van der Waals surface area contributed by atoms with E-state index in [4.69, 9.17) is 0 Å². The summed E-state index contributed by atoms with van der Waals surface area (Å²) in [5.74, 6) is -0.0385. The van der Waals surface area contributed by atoms with E-state index in [-0.39, 0.29) is 11.8 Å². The van der Waals surface area contributed by atoms with E-state index < -0.39 is 0 Å². The van der Waals surface area contributed by atoms with E-state index in [0.717, 1.165) is 24.9 Å². The maximum absolute atomic E-state index is 11.7. The molecule has 0 fully saturated rings. The number of hydrogen-bond acceptors (Lipinski definition) is 2. The Labute approximate surface area is 127 Å². The molecule has 4 nitrogen and oxygen atoms in total. The van der Waals surface area contributed by atoms with Crippen LogP contribution < -0.4 is 10.6 Å². The number of unbranched alkanes of at least 4 members (excludes halogenated alkanes) is 3. The van der Waals surface area contributed by atoms with Gasteiger partial charge in [-0.05, 0) is 12.0 Å². The second kappa shape index (κ2) is 10.9. The average Bonchev–Trinajstić information content (AvgIpc) is 2.48. The topological polar surface area (TPSA) is 58.2 Å². The quantitative estimate of drug-likeness (QED) is 0.650. The Bertz CT molecular complexity index is 418. The monoisotopic (exact) mass is 290 g/mol. The van der Waals surface area contributed by atoms with Crippen LogP contribution in [0.4, 0.5) is 0 Å². The molecule has 1 rings (SSSR count). The van der Waals surface area contributed by atoms with Gasteiger partial charge in [-0.25, -0.2) is 0 Å². The first-order chi connectivity index (χ1) is 10.2. The van der Waals surface area contributed by atoms with Crippen LogP contribution in [0.25, 0.3) is 0 Å². The van der Waals surface area contributed by atoms with Crippen molar-refractivity contribution in [3.63, 3.8) is 0 Å². The van der Waals surface area contributed by atoms with Gasteiger partial charge in [-0.2, -0.15) is 0 Å². The van der Waals surface area contributed by atoms with Gasteiger partial charge < -0.3 is 10.6 Å². The van der Waals surface area contributed by atoms with E-state index >= 15 is 0 Å². The van der Waals surface area contributed by atoms with Gasteiger partial charge in [0.15, 0.2) is 0 Å². The van der Waals surface area contributed by atoms with Gasteiger partial charge in [0, 0.05) is 19.5 Å². The number of nitrogens with one attached hydrogen (secondary N) is 2. The van der Waals surface area contributed by atoms with Crippen LogP contribution in [0.15, 0.2) is 30.3 Å². The molecule has 0 unspecified atom stereocenters. The molecule has 0 atom stereocenters. The molecular weight excluding hydrogens is 264 g/mol. The van der Waals surface area contributed by atoms with Gasteiger partial charge >= 0.3 is 0 Å². The summed E-state index contributed by atoms with van der Waals surface area (Å²) in [6.07, 6.45) is 5.30. The van der Waals surface area contributed by atoms with Crippen molar-refractivity contribution in [2.24, 2.45) is 0 Å². The lowest BCUT2D eigenvalue weighted by molar-refractivity contribution is -0.122. The highest BCUT2D eigenvalue weighted by Gasteiger charge is 2.04. The van der Waals surface area contributed by atoms with Gasteiger partial charge in [-0.1, -0.05) is 56.5 Å². The van der Waals surface area contributed by atoms with Crippen molar-refractivity contribution in [3.8, 4) is 0 Å². The van der Waals surface area contributed by atoms with Crippen LogP contribution >= 0.6 is 0 Å². The molecule has 2 amide bonds. The fourth-order valence-corrected chi connectivity index (χ4v) is 2.03. The van der Waals surface area contributed by atoms with Gasteiger partial charge in [0.25, 0.3) is 0 Å². The first-order valence-electron chi connectivity index (χ1n) is 7.79. The third-order valence-electron chi connectivity index (χ3n) is 3.23. The van der Waals surface area contributed by atoms with Gasteiger partial charge in [0.2, 0.25) is 11.8 Å². The largest absolute Gasteiger partial charge is 0.356 e. The van der Waals surface area contributed by atoms with E-state index in [2.05, 4.69) is 17.6 Å². The number of amides is 2. The first-order valence-corrected chi connectivity index (χ1v) is 7.79. The smallest absolute Gasteiger partial charge is 0.224 e. The van der Waals surface area contributed by atoms with Gasteiger partial charge in [-0.15, -0.1) is 0 Å². The number of carbonyl (C=O) groups excluding carboxylic acids is 2. The summed E-state index contributed by atoms with van der Waals surface area (Å²) in [6, 6.07) is 9.58. The lowest BCUT2D eigenvalue weighted by Crippen LogP contribution is -2.31. The minimum Gasteiger partial charge on any atom is -0.356 e. The Kier molecular flexibility index (Phi) is 8.93. The predicted octanol–water partition coefficient (Wildman–Crippen LogP) is 2.43. The normalized spacial score (nSPS) is 10.1. The van der Waals surface area contributed by atoms with E-state index in [0.29, 0.717) is 19.4 Å². The highest BCUT2D eigenvalue weighted by molar-refractivity contribution is 5.80. The SMILES string of the molecule is CCCCCCNC(=O)CCNC(=O)Cc1ccccc1. The summed E-state index contributed by atoms with van der Waals surface area (Å²) in [7, 11) is 0. The summed E-state index contributed by atoms with van der Waals surface area (Å²) in [5.41, 5.74) is 0.982. The van der Waals surface area contributed by atoms with Crippen LogP contribution in [0.3, 0.4) is 0 Å². The van der Waals surface area contributed by atoms with E-state index in [1.54, 1.807) is 0 Å². The molecule has 0 aliphatic carbocycles. The highest BCUT2D eigenvalue weighted by atomic mass is 16.2. The molecule has 0 bridgehead atoms. The molecule has 4 heteroatoms. The van der Waals surface area contributed by atoms with Gasteiger partial charge in [0.1, 0.15) is 0 Å². The summed E-state index contributed by atoms with van der Waals surface area (Å²) in [4.78, 5) is 23.2. The Morgan fingerprint density at radius 2 is 1.62 bits per heavy atom. The predicted molar refractivity (Wildman–Crippen MR) is 84.9 cm³/mol. The maximum atomic E-state index is 11.7. The van der Waals surface area contributed by atoms with E-state index in [9.17, 15) is 9.59 Å². The lowest BCUT2D eigenvalue weighted by atomic mass is 10.1. The average molecular weight is 290 g/mol. The lowest BCUT2D eigenvalue weighted by Gasteiger charge is -2.07. The number of hydrogen-bond donors (Lipinski definition) is 2. The van der Waals surface area contributed by atoms with Crippen LogP contribution in [-0.2, 0) is 16.0 Å². The van der Waals surface area contributed by atoms with Gasteiger partial charge in [-0.3, -0.25) is 9.59 Å². The molecule has 0 radical (unpaired) electrons. The molecule has 0 aliphatic rings. The Morgan fingerprint density at radius 3 is 2.33 bits per heavy atom. The highest BCUT2D eigenvalue weighted by Crippen LogP contribution is 1.99. The van der Waals surface area contributed by atoms with Crippen molar-refractivity contribution in [1.82, 2.24) is 10.6 Å². The maximum Gasteiger partial charge on any atom is 0.224 e. The van der Waals surface area contributed by atoms with Crippen LogP contribution in [0.2, 0.25) is 0 Å². The fraction of sp³-hybridized carbons (Fsp3) is 0.529. The number of carbonyl (C=O) groups is 2. The molecule has 21 heavy (non-hydrogen) atoms. The van der Waals surface area contributed by atoms with E-state index in [1.165, 1.54) is 12.8 Å². The van der Waals surface area contributed by atoms with E-state index in [1.807, 2.05) is 30.3 Å². The number of benzene rings is 1. The van der Waals surface area contributed by atoms with Crippen molar-refractivity contribution in [1.29, 1.82) is 0 Å². The van der Waals surface area contributed by atoms with Crippen molar-refractivity contribution in [2.45, 2.75) is 45.4 Å². The van der Waals surface area contributed by atoms with Crippen molar-refractivity contribution in [2.75, 3.05) is 13.1 Å². The molecule has 1 aromatic carbocycles. The number of rotatable bonds is 10. The van der Waals surface area contributed by atoms with Crippen molar-refractivity contribution in [3.05, 3.63) is 35.9 Å². The third kappa shape index (κ3) is 8.84. The fourth-order valence-electron chi connectivity index (χ4n) is 2.03. The zero-order chi connectivity index (χ0) is 15.3. The zero-order valence-corrected chi connectivity index (χ0v) is 12.9. The minimum absolute atomic E-state index is 0.00603. The van der Waals surface area contributed by atoms with Crippen LogP contribution in [0.5, 0.6) is 0 Å². The summed E-state index contributed by atoms with van der Waals surface area (Å²) in [5, 5.41) is 5.65. The summed E-state index contributed by atoms with van der Waals surface area (Å²) in [6.45, 7) is 3.29. The molecule has 0 saturated carbocycles. The van der Waals surface area contributed by atoms with Crippen LogP contribution in [-0.4, -0.2) is 24.9 Å². The third-order valence-corrected chi connectivity index (χ3v) is 3.23. The molecule has 1 aromatic rings. The first kappa shape index (κ1) is 17.2. The molecule has 116 valence electrons. The van der Waals surface area contributed by atoms with Crippen LogP contribution in [0, 0.1) is 0 Å². The molecular formula is C17H26N2O2. The Hall–Kier alpha value is -1.84. The molecule has 0 spiro atoms. The molecule has 2 N–H and O–H groups in total. The standard InChI is InChI=1S/C17H26N2O2/c1-2-3-4-8-12-18-16(20)11-13-19-17(21)14-15-9-6-5-7-10-15/h5-7,9-10H,2-4,8,11-14H2,1H3,(H,18,20)(H,19,21). The van der Waals surface area contributed by atoms with Crippen molar-refractivity contribution >= 4 is 11.8 Å². The zero-order valence-electron chi connectivity index (χ0n) is 12.9. The summed E-state index contributed by atoms with van der Waals surface area (Å²) < 4.78 is 0. The second-order valence-corrected chi connectivity index (χ2v) is 5.17. The minimum atomic E-state index is -0.0445. The molecule has 0 heterocycles. The van der Waals surface area contributed by atoms with Crippen LogP contribution in [0.1, 0.15) is 44.6 Å².